The molecule has 0 spiro atoms. The van der Waals surface area contributed by atoms with Crippen LogP contribution in [-0.4, -0.2) is 37.8 Å². The third kappa shape index (κ3) is 2.88. The standard InChI is InChI=1S/C13H12BrCl2N3O2/c1-2-9-3-5-10(6-4-9)11-17(7-15)12(20)18(8-16)13(21)19(11)14/h2-6,11H,1,7-8H2. The molecule has 2 rings (SSSR count). The zero-order valence-electron chi connectivity index (χ0n) is 10.9. The summed E-state index contributed by atoms with van der Waals surface area (Å²) < 4.78 is 1.25. The van der Waals surface area contributed by atoms with Crippen molar-refractivity contribution < 1.29 is 9.59 Å². The lowest BCUT2D eigenvalue weighted by molar-refractivity contribution is 0.0863. The summed E-state index contributed by atoms with van der Waals surface area (Å²) in [5.74, 6) is 0. The molecule has 0 aromatic heterocycles. The first-order valence-electron chi connectivity index (χ1n) is 5.96. The summed E-state index contributed by atoms with van der Waals surface area (Å²) in [6, 6.07) is 5.94. The van der Waals surface area contributed by atoms with Crippen LogP contribution in [0.5, 0.6) is 0 Å². The molecule has 0 N–H and O–H groups in total. The van der Waals surface area contributed by atoms with E-state index in [9.17, 15) is 9.59 Å². The Hall–Kier alpha value is -1.24. The molecule has 5 nitrogen and oxygen atoms in total. The first-order chi connectivity index (χ1) is 10.0. The number of amides is 4. The molecular formula is C13H12BrCl2N3O2. The summed E-state index contributed by atoms with van der Waals surface area (Å²) in [6.07, 6.45) is 1.07. The molecular weight excluding hydrogens is 381 g/mol. The van der Waals surface area contributed by atoms with Crippen molar-refractivity contribution in [1.29, 1.82) is 0 Å². The van der Waals surface area contributed by atoms with E-state index in [1.54, 1.807) is 6.08 Å². The molecule has 0 radical (unpaired) electrons. The molecule has 1 fully saturated rings. The number of carbonyl (C=O) groups excluding carboxylic acids is 2. The molecule has 1 aromatic carbocycles. The summed E-state index contributed by atoms with van der Waals surface area (Å²) in [5.41, 5.74) is 1.68. The van der Waals surface area contributed by atoms with Crippen LogP contribution in [0, 0.1) is 0 Å². The molecule has 1 saturated heterocycles. The molecule has 112 valence electrons. The van der Waals surface area contributed by atoms with Crippen molar-refractivity contribution in [2.24, 2.45) is 0 Å². The lowest BCUT2D eigenvalue weighted by Gasteiger charge is -2.43. The molecule has 4 amide bonds. The predicted octanol–water partition coefficient (Wildman–Crippen LogP) is 4.19. The minimum atomic E-state index is -0.638. The quantitative estimate of drug-likeness (QED) is 0.438. The average Bonchev–Trinajstić information content (AvgIpc) is 2.51. The molecule has 21 heavy (non-hydrogen) atoms. The Balaban J connectivity index is 2.41. The lowest BCUT2D eigenvalue weighted by Crippen LogP contribution is -2.58. The van der Waals surface area contributed by atoms with Crippen molar-refractivity contribution in [3.05, 3.63) is 42.0 Å². The second-order valence-electron chi connectivity index (χ2n) is 4.26. The number of urea groups is 2. The van der Waals surface area contributed by atoms with E-state index in [1.165, 1.54) is 8.83 Å². The third-order valence-corrected chi connectivity index (χ3v) is 4.31. The minimum Gasteiger partial charge on any atom is -0.285 e. The number of hydrogen-bond acceptors (Lipinski definition) is 2. The monoisotopic (exact) mass is 391 g/mol. The van der Waals surface area contributed by atoms with Crippen molar-refractivity contribution in [3.8, 4) is 0 Å². The highest BCUT2D eigenvalue weighted by atomic mass is 79.9. The lowest BCUT2D eigenvalue weighted by atomic mass is 10.1. The Kier molecular flexibility index (Phi) is 5.13. The van der Waals surface area contributed by atoms with Crippen molar-refractivity contribution in [3.63, 3.8) is 0 Å². The Morgan fingerprint density at radius 2 is 1.76 bits per heavy atom. The van der Waals surface area contributed by atoms with Crippen LogP contribution < -0.4 is 0 Å². The van der Waals surface area contributed by atoms with E-state index in [1.807, 2.05) is 24.3 Å². The first kappa shape index (κ1) is 16.1. The van der Waals surface area contributed by atoms with Gasteiger partial charge in [-0.15, -0.1) is 23.2 Å². The van der Waals surface area contributed by atoms with Gasteiger partial charge in [0.15, 0.2) is 0 Å². The molecule has 0 saturated carbocycles. The van der Waals surface area contributed by atoms with Crippen molar-refractivity contribution in [2.45, 2.75) is 6.17 Å². The minimum absolute atomic E-state index is 0.0739. The zero-order chi connectivity index (χ0) is 15.6. The number of nitrogens with zero attached hydrogens (tertiary/aromatic N) is 3. The SMILES string of the molecule is C=Cc1ccc(C2N(Br)C(=O)N(CCl)C(=O)N2CCl)cc1. The average molecular weight is 393 g/mol. The molecule has 1 aromatic rings. The second kappa shape index (κ2) is 6.68. The van der Waals surface area contributed by atoms with Gasteiger partial charge in [0, 0.05) is 0 Å². The van der Waals surface area contributed by atoms with Crippen LogP contribution in [0.25, 0.3) is 6.08 Å². The molecule has 8 heteroatoms. The Labute approximate surface area is 141 Å². The highest BCUT2D eigenvalue weighted by Crippen LogP contribution is 2.34. The zero-order valence-corrected chi connectivity index (χ0v) is 14.0. The van der Waals surface area contributed by atoms with Crippen LogP contribution in [0.2, 0.25) is 0 Å². The van der Waals surface area contributed by atoms with Gasteiger partial charge in [0.25, 0.3) is 0 Å². The number of halogens is 3. The molecule has 0 aliphatic carbocycles. The van der Waals surface area contributed by atoms with Crippen LogP contribution in [0.3, 0.4) is 0 Å². The van der Waals surface area contributed by atoms with E-state index in [0.29, 0.717) is 0 Å². The van der Waals surface area contributed by atoms with Crippen LogP contribution in [0.4, 0.5) is 9.59 Å². The number of carbonyl (C=O) groups is 2. The van der Waals surface area contributed by atoms with Gasteiger partial charge in [0.05, 0.1) is 22.2 Å². The summed E-state index contributed by atoms with van der Waals surface area (Å²) in [4.78, 5) is 26.6. The van der Waals surface area contributed by atoms with Crippen LogP contribution in [0.1, 0.15) is 17.3 Å². The van der Waals surface area contributed by atoms with E-state index >= 15 is 0 Å². The van der Waals surface area contributed by atoms with Crippen LogP contribution >= 0.6 is 39.3 Å². The van der Waals surface area contributed by atoms with Gasteiger partial charge in [-0.3, -0.25) is 4.90 Å². The highest BCUT2D eigenvalue weighted by Gasteiger charge is 2.43. The fourth-order valence-corrected chi connectivity index (χ4v) is 3.10. The van der Waals surface area contributed by atoms with Crippen LogP contribution in [0.15, 0.2) is 30.8 Å². The fourth-order valence-electron chi connectivity index (χ4n) is 2.02. The highest BCUT2D eigenvalue weighted by molar-refractivity contribution is 9.07. The van der Waals surface area contributed by atoms with Gasteiger partial charge in [0.1, 0.15) is 12.2 Å². The summed E-state index contributed by atoms with van der Waals surface area (Å²) in [5, 5.41) is 0. The number of hydrogen-bond donors (Lipinski definition) is 0. The van der Waals surface area contributed by atoms with Gasteiger partial charge in [-0.2, -0.15) is 0 Å². The summed E-state index contributed by atoms with van der Waals surface area (Å²) >= 11 is 14.7. The molecule has 1 aliphatic rings. The number of imide groups is 1. The fraction of sp³-hybridized carbons (Fsp3) is 0.231. The Morgan fingerprint density at radius 1 is 1.14 bits per heavy atom. The summed E-state index contributed by atoms with van der Waals surface area (Å²) in [6.45, 7) is 3.68. The van der Waals surface area contributed by atoms with Crippen molar-refractivity contribution in [1.82, 2.24) is 13.7 Å². The van der Waals surface area contributed by atoms with Gasteiger partial charge >= 0.3 is 12.1 Å². The van der Waals surface area contributed by atoms with Crippen molar-refractivity contribution >= 4 is 57.5 Å². The van der Waals surface area contributed by atoms with E-state index < -0.39 is 18.2 Å². The van der Waals surface area contributed by atoms with E-state index in [2.05, 4.69) is 22.7 Å². The molecule has 1 heterocycles. The first-order valence-corrected chi connectivity index (χ1v) is 7.74. The largest absolute Gasteiger partial charge is 0.341 e. The number of rotatable bonds is 4. The normalized spacial score (nSPS) is 19.2. The Morgan fingerprint density at radius 3 is 2.24 bits per heavy atom. The maximum atomic E-state index is 12.2. The van der Waals surface area contributed by atoms with Gasteiger partial charge in [-0.05, 0) is 11.1 Å². The molecule has 1 aliphatic heterocycles. The van der Waals surface area contributed by atoms with Gasteiger partial charge in [-0.25, -0.2) is 18.4 Å². The Bertz CT molecular complexity index is 567. The van der Waals surface area contributed by atoms with Gasteiger partial charge < -0.3 is 0 Å². The van der Waals surface area contributed by atoms with E-state index in [-0.39, 0.29) is 12.0 Å². The number of alkyl halides is 2. The number of benzene rings is 1. The smallest absolute Gasteiger partial charge is 0.285 e. The van der Waals surface area contributed by atoms with E-state index in [0.717, 1.165) is 16.0 Å². The van der Waals surface area contributed by atoms with E-state index in [4.69, 9.17) is 23.2 Å². The predicted molar refractivity (Wildman–Crippen MR) is 86.0 cm³/mol. The summed E-state index contributed by atoms with van der Waals surface area (Å²) in [7, 11) is 0. The molecule has 1 atom stereocenters. The van der Waals surface area contributed by atoms with Gasteiger partial charge in [-0.1, -0.05) is 36.9 Å². The van der Waals surface area contributed by atoms with Crippen molar-refractivity contribution in [2.75, 3.05) is 12.0 Å². The topological polar surface area (TPSA) is 43.9 Å². The molecule has 0 bridgehead atoms. The maximum Gasteiger partial charge on any atom is 0.341 e. The molecule has 1 unspecified atom stereocenters. The third-order valence-electron chi connectivity index (χ3n) is 3.12. The van der Waals surface area contributed by atoms with Crippen LogP contribution in [-0.2, 0) is 0 Å². The van der Waals surface area contributed by atoms with Gasteiger partial charge in [0.2, 0.25) is 0 Å². The maximum absolute atomic E-state index is 12.2. The second-order valence-corrected chi connectivity index (χ2v) is 5.50.